The molecule has 1 aromatic heterocycles. The van der Waals surface area contributed by atoms with E-state index in [-0.39, 0.29) is 17.1 Å². The molecule has 1 heterocycles. The van der Waals surface area contributed by atoms with Gasteiger partial charge in [-0.1, -0.05) is 17.3 Å². The Labute approximate surface area is 96.6 Å². The van der Waals surface area contributed by atoms with Gasteiger partial charge in [0.1, 0.15) is 5.75 Å². The molecule has 0 aliphatic heterocycles. The lowest BCUT2D eigenvalue weighted by molar-refractivity contribution is 0.0686. The second-order valence-electron chi connectivity index (χ2n) is 3.30. The van der Waals surface area contributed by atoms with E-state index in [2.05, 4.69) is 9.68 Å². The van der Waals surface area contributed by atoms with Crippen LogP contribution in [0.1, 0.15) is 10.5 Å². The Morgan fingerprint density at radius 3 is 2.59 bits per heavy atom. The van der Waals surface area contributed by atoms with Crippen molar-refractivity contribution in [3.8, 4) is 16.9 Å². The van der Waals surface area contributed by atoms with Gasteiger partial charge in [0, 0.05) is 0 Å². The van der Waals surface area contributed by atoms with Gasteiger partial charge in [-0.3, -0.25) is 0 Å². The maximum Gasteiger partial charge on any atom is 0.358 e. The molecule has 6 nitrogen and oxygen atoms in total. The maximum absolute atomic E-state index is 10.9. The van der Waals surface area contributed by atoms with Gasteiger partial charge < -0.3 is 20.1 Å². The fourth-order valence-corrected chi connectivity index (χ4v) is 1.49. The van der Waals surface area contributed by atoms with Crippen molar-refractivity contribution in [1.29, 1.82) is 0 Å². The van der Waals surface area contributed by atoms with Crippen molar-refractivity contribution in [2.24, 2.45) is 0 Å². The number of hydrogen-bond donors (Lipinski definition) is 2. The highest BCUT2D eigenvalue weighted by Crippen LogP contribution is 2.30. The molecule has 6 heteroatoms. The summed E-state index contributed by atoms with van der Waals surface area (Å²) in [5.74, 6) is -0.538. The number of anilines is 1. The minimum atomic E-state index is -1.18. The topological polar surface area (TPSA) is 98.6 Å². The summed E-state index contributed by atoms with van der Waals surface area (Å²) in [5, 5.41) is 12.3. The summed E-state index contributed by atoms with van der Waals surface area (Å²) in [6.45, 7) is 0. The van der Waals surface area contributed by atoms with Gasteiger partial charge in [0.05, 0.1) is 12.7 Å². The molecule has 2 rings (SSSR count). The highest BCUT2D eigenvalue weighted by atomic mass is 16.5. The number of aromatic nitrogens is 1. The van der Waals surface area contributed by atoms with Crippen molar-refractivity contribution in [2.45, 2.75) is 0 Å². The van der Waals surface area contributed by atoms with Crippen LogP contribution in [-0.2, 0) is 0 Å². The number of methoxy groups -OCH3 is 1. The van der Waals surface area contributed by atoms with Crippen LogP contribution < -0.4 is 10.5 Å². The van der Waals surface area contributed by atoms with Gasteiger partial charge in [0.2, 0.25) is 11.6 Å². The molecule has 0 unspecified atom stereocenters. The van der Waals surface area contributed by atoms with E-state index in [1.165, 1.54) is 0 Å². The van der Waals surface area contributed by atoms with Crippen LogP contribution in [0.15, 0.2) is 28.8 Å². The molecule has 0 atom stereocenters. The number of aromatic carboxylic acids is 1. The van der Waals surface area contributed by atoms with Crippen LogP contribution >= 0.6 is 0 Å². The smallest absolute Gasteiger partial charge is 0.358 e. The second-order valence-corrected chi connectivity index (χ2v) is 3.30. The van der Waals surface area contributed by atoms with Crippen molar-refractivity contribution in [3.63, 3.8) is 0 Å². The minimum Gasteiger partial charge on any atom is -0.497 e. The summed E-state index contributed by atoms with van der Waals surface area (Å²) in [6, 6.07) is 6.78. The number of nitrogens with zero attached hydrogens (tertiary/aromatic N) is 1. The second kappa shape index (κ2) is 4.17. The average Bonchev–Trinajstić information content (AvgIpc) is 2.71. The Morgan fingerprint density at radius 1 is 1.41 bits per heavy atom. The first-order valence-corrected chi connectivity index (χ1v) is 4.76. The molecule has 1 aromatic carbocycles. The molecular formula is C11H10N2O4. The molecule has 0 spiro atoms. The Bertz CT molecular complexity index is 545. The monoisotopic (exact) mass is 234 g/mol. The lowest BCUT2D eigenvalue weighted by atomic mass is 10.1. The van der Waals surface area contributed by atoms with E-state index in [0.717, 1.165) is 0 Å². The SMILES string of the molecule is COc1ccc(-c2c(C(=O)O)noc2N)cc1. The normalized spacial score (nSPS) is 10.2. The molecule has 0 aliphatic rings. The largest absolute Gasteiger partial charge is 0.497 e. The van der Waals surface area contributed by atoms with E-state index in [0.29, 0.717) is 11.3 Å². The van der Waals surface area contributed by atoms with Crippen LogP contribution in [-0.4, -0.2) is 23.3 Å². The van der Waals surface area contributed by atoms with Crippen LogP contribution in [0, 0.1) is 0 Å². The third-order valence-electron chi connectivity index (χ3n) is 2.30. The molecule has 0 saturated carbocycles. The number of nitrogens with two attached hydrogens (primary N) is 1. The quantitative estimate of drug-likeness (QED) is 0.837. The number of benzene rings is 1. The van der Waals surface area contributed by atoms with E-state index >= 15 is 0 Å². The molecule has 0 bridgehead atoms. The van der Waals surface area contributed by atoms with Crippen LogP contribution in [0.5, 0.6) is 5.75 Å². The zero-order valence-corrected chi connectivity index (χ0v) is 9.01. The average molecular weight is 234 g/mol. The Morgan fingerprint density at radius 2 is 2.06 bits per heavy atom. The third kappa shape index (κ3) is 1.92. The Kier molecular flexibility index (Phi) is 2.70. The summed E-state index contributed by atoms with van der Waals surface area (Å²) in [4.78, 5) is 10.9. The first-order valence-electron chi connectivity index (χ1n) is 4.76. The van der Waals surface area contributed by atoms with Crippen LogP contribution in [0.25, 0.3) is 11.1 Å². The highest BCUT2D eigenvalue weighted by molar-refractivity contribution is 5.96. The number of rotatable bonds is 3. The van der Waals surface area contributed by atoms with Gasteiger partial charge >= 0.3 is 5.97 Å². The van der Waals surface area contributed by atoms with Crippen molar-refractivity contribution >= 4 is 11.9 Å². The summed E-state index contributed by atoms with van der Waals surface area (Å²) in [7, 11) is 1.55. The fourth-order valence-electron chi connectivity index (χ4n) is 1.49. The molecule has 0 radical (unpaired) electrons. The predicted octanol–water partition coefficient (Wildman–Crippen LogP) is 1.63. The standard InChI is InChI=1S/C11H10N2O4/c1-16-7-4-2-6(3-5-7)8-9(11(14)15)13-17-10(8)12/h2-5H,12H2,1H3,(H,14,15). The van der Waals surface area contributed by atoms with E-state index in [4.69, 9.17) is 15.6 Å². The fraction of sp³-hybridized carbons (Fsp3) is 0.0909. The molecule has 0 saturated heterocycles. The first-order chi connectivity index (χ1) is 8.13. The molecule has 3 N–H and O–H groups in total. The highest BCUT2D eigenvalue weighted by Gasteiger charge is 2.21. The van der Waals surface area contributed by atoms with Crippen molar-refractivity contribution in [1.82, 2.24) is 5.16 Å². The van der Waals surface area contributed by atoms with Gasteiger partial charge in [-0.15, -0.1) is 0 Å². The van der Waals surface area contributed by atoms with Gasteiger partial charge in [0.15, 0.2) is 0 Å². The van der Waals surface area contributed by atoms with E-state index in [9.17, 15) is 4.79 Å². The lowest BCUT2D eigenvalue weighted by Gasteiger charge is -2.02. The van der Waals surface area contributed by atoms with Crippen molar-refractivity contribution in [2.75, 3.05) is 12.8 Å². The number of carboxylic acids is 1. The van der Waals surface area contributed by atoms with Crippen molar-refractivity contribution < 1.29 is 19.2 Å². The maximum atomic E-state index is 10.9. The number of carboxylic acid groups (broad SMARTS) is 1. The van der Waals surface area contributed by atoms with E-state index in [1.54, 1.807) is 31.4 Å². The summed E-state index contributed by atoms with van der Waals surface area (Å²) in [6.07, 6.45) is 0. The third-order valence-corrected chi connectivity index (χ3v) is 2.30. The van der Waals surface area contributed by atoms with Crippen LogP contribution in [0.4, 0.5) is 5.88 Å². The van der Waals surface area contributed by atoms with E-state index < -0.39 is 5.97 Å². The van der Waals surface area contributed by atoms with Crippen LogP contribution in [0.2, 0.25) is 0 Å². The Hall–Kier alpha value is -2.50. The van der Waals surface area contributed by atoms with Crippen LogP contribution in [0.3, 0.4) is 0 Å². The zero-order chi connectivity index (χ0) is 12.4. The summed E-state index contributed by atoms with van der Waals surface area (Å²) in [5.41, 5.74) is 6.25. The molecule has 0 aliphatic carbocycles. The van der Waals surface area contributed by atoms with E-state index in [1.807, 2.05) is 0 Å². The number of hydrogen-bond acceptors (Lipinski definition) is 5. The molecule has 0 fully saturated rings. The van der Waals surface area contributed by atoms with Gasteiger partial charge in [-0.2, -0.15) is 0 Å². The molecule has 88 valence electrons. The minimum absolute atomic E-state index is 0.0208. The Balaban J connectivity index is 2.51. The van der Waals surface area contributed by atoms with Crippen molar-refractivity contribution in [3.05, 3.63) is 30.0 Å². The number of nitrogen functional groups attached to an aromatic ring is 1. The first kappa shape index (κ1) is 11.0. The molecule has 2 aromatic rings. The molecular weight excluding hydrogens is 224 g/mol. The summed E-state index contributed by atoms with van der Waals surface area (Å²) < 4.78 is 9.69. The number of carbonyl (C=O) groups is 1. The van der Waals surface area contributed by atoms with Gasteiger partial charge in [-0.25, -0.2) is 4.79 Å². The summed E-state index contributed by atoms with van der Waals surface area (Å²) >= 11 is 0. The lowest BCUT2D eigenvalue weighted by Crippen LogP contribution is -1.99. The van der Waals surface area contributed by atoms with Gasteiger partial charge in [-0.05, 0) is 17.7 Å². The number of ether oxygens (including phenoxy) is 1. The molecule has 17 heavy (non-hydrogen) atoms. The predicted molar refractivity (Wildman–Crippen MR) is 59.9 cm³/mol. The zero-order valence-electron chi connectivity index (χ0n) is 9.01. The van der Waals surface area contributed by atoms with Gasteiger partial charge in [0.25, 0.3) is 0 Å². The molecule has 0 amide bonds.